The van der Waals surface area contributed by atoms with Crippen LogP contribution < -0.4 is 0 Å². The van der Waals surface area contributed by atoms with E-state index < -0.39 is 80.6 Å². The van der Waals surface area contributed by atoms with E-state index in [1.54, 1.807) is 19.1 Å². The van der Waals surface area contributed by atoms with E-state index in [1.165, 1.54) is 13.0 Å². The smallest absolute Gasteiger partial charge is 0.336 e. The zero-order valence-corrected chi connectivity index (χ0v) is 17.1. The molecule has 12 nitrogen and oxygen atoms in total. The lowest BCUT2D eigenvalue weighted by atomic mass is 9.98. The van der Waals surface area contributed by atoms with Crippen LogP contribution >= 0.6 is 0 Å². The van der Waals surface area contributed by atoms with Crippen molar-refractivity contribution in [1.82, 2.24) is 0 Å². The lowest BCUT2D eigenvalue weighted by Gasteiger charge is -2.42. The summed E-state index contributed by atoms with van der Waals surface area (Å²) >= 11 is 0. The minimum absolute atomic E-state index is 0.198. The van der Waals surface area contributed by atoms with Crippen LogP contribution in [0.5, 0.6) is 0 Å². The van der Waals surface area contributed by atoms with Gasteiger partial charge >= 0.3 is 5.97 Å². The van der Waals surface area contributed by atoms with Crippen LogP contribution in [0.3, 0.4) is 0 Å². The lowest BCUT2D eigenvalue weighted by molar-refractivity contribution is -0.326. The van der Waals surface area contributed by atoms with Gasteiger partial charge in [-0.2, -0.15) is 0 Å². The Labute approximate surface area is 178 Å². The molecule has 0 aromatic rings. The van der Waals surface area contributed by atoms with Gasteiger partial charge in [-0.1, -0.05) is 18.2 Å². The number of aliphatic hydroxyl groups excluding tert-OH is 7. The number of hydrogen-bond acceptors (Lipinski definition) is 12. The fraction of sp³-hybridized carbons (Fsp3) is 0.737. The molecular weight excluding hydrogens is 420 g/mol. The summed E-state index contributed by atoms with van der Waals surface area (Å²) < 4.78 is 20.9. The van der Waals surface area contributed by atoms with Crippen molar-refractivity contribution >= 4 is 5.97 Å². The molecule has 0 aromatic heterocycles. The Bertz CT molecular complexity index is 650. The quantitative estimate of drug-likeness (QED) is 0.116. The Balaban J connectivity index is 2.02. The summed E-state index contributed by atoms with van der Waals surface area (Å²) in [6.07, 6.45) is -10.9. The van der Waals surface area contributed by atoms with Crippen molar-refractivity contribution in [3.8, 4) is 0 Å². The fourth-order valence-electron chi connectivity index (χ4n) is 3.05. The van der Waals surface area contributed by atoms with Gasteiger partial charge in [-0.3, -0.25) is 0 Å². The van der Waals surface area contributed by atoms with Crippen molar-refractivity contribution in [3.63, 3.8) is 0 Å². The molecule has 2 heterocycles. The SMILES string of the molecule is C/C=C/C=C(\C)C(=O)O[C@@H]1OC(CO[C@@H]2OC(CO)[C@@H](O)C(O)C2O)[C@@H](O)C(O)C1O. The van der Waals surface area contributed by atoms with Gasteiger partial charge in [0.1, 0.15) is 48.8 Å². The summed E-state index contributed by atoms with van der Waals surface area (Å²) in [7, 11) is 0. The van der Waals surface area contributed by atoms with Gasteiger partial charge in [0, 0.05) is 5.57 Å². The summed E-state index contributed by atoms with van der Waals surface area (Å²) in [6, 6.07) is 0. The molecule has 2 fully saturated rings. The van der Waals surface area contributed by atoms with Crippen molar-refractivity contribution in [2.24, 2.45) is 0 Å². The molecular formula is C19H30O12. The van der Waals surface area contributed by atoms with E-state index >= 15 is 0 Å². The third-order valence-corrected chi connectivity index (χ3v) is 5.03. The van der Waals surface area contributed by atoms with E-state index in [2.05, 4.69) is 0 Å². The number of ether oxygens (including phenoxy) is 4. The van der Waals surface area contributed by atoms with E-state index in [-0.39, 0.29) is 5.57 Å². The molecule has 0 spiro atoms. The topological polar surface area (TPSA) is 196 Å². The van der Waals surface area contributed by atoms with Crippen LogP contribution in [-0.2, 0) is 23.7 Å². The molecule has 0 saturated carbocycles. The highest BCUT2D eigenvalue weighted by atomic mass is 16.7. The summed E-state index contributed by atoms with van der Waals surface area (Å²) in [5.74, 6) is -0.820. The molecule has 10 atom stereocenters. The fourth-order valence-corrected chi connectivity index (χ4v) is 3.05. The van der Waals surface area contributed by atoms with Crippen LogP contribution in [-0.4, -0.2) is 116 Å². The van der Waals surface area contributed by atoms with Gasteiger partial charge in [0.05, 0.1) is 13.2 Å². The first-order valence-electron chi connectivity index (χ1n) is 9.74. The lowest BCUT2D eigenvalue weighted by Crippen LogP contribution is -2.61. The maximum absolute atomic E-state index is 12.1. The molecule has 0 aliphatic carbocycles. The monoisotopic (exact) mass is 450 g/mol. The predicted octanol–water partition coefficient (Wildman–Crippen LogP) is -3.32. The third kappa shape index (κ3) is 6.08. The molecule has 2 rings (SSSR count). The Morgan fingerprint density at radius 1 is 0.871 bits per heavy atom. The second-order valence-electron chi connectivity index (χ2n) is 7.33. The molecule has 12 heteroatoms. The number of hydrogen-bond donors (Lipinski definition) is 7. The number of rotatable bonds is 7. The van der Waals surface area contributed by atoms with Gasteiger partial charge in [-0.15, -0.1) is 0 Å². The number of carbonyl (C=O) groups is 1. The van der Waals surface area contributed by atoms with Gasteiger partial charge in [0.25, 0.3) is 0 Å². The molecule has 31 heavy (non-hydrogen) atoms. The van der Waals surface area contributed by atoms with Crippen LogP contribution in [0.2, 0.25) is 0 Å². The average Bonchev–Trinajstić information content (AvgIpc) is 2.76. The van der Waals surface area contributed by atoms with E-state index in [0.717, 1.165) is 0 Å². The van der Waals surface area contributed by atoms with Crippen molar-refractivity contribution in [1.29, 1.82) is 0 Å². The van der Waals surface area contributed by atoms with Gasteiger partial charge in [0.15, 0.2) is 6.29 Å². The van der Waals surface area contributed by atoms with Crippen molar-refractivity contribution in [3.05, 3.63) is 23.8 Å². The van der Waals surface area contributed by atoms with Gasteiger partial charge in [-0.25, -0.2) is 4.79 Å². The first kappa shape index (κ1) is 25.8. The first-order valence-corrected chi connectivity index (χ1v) is 9.74. The number of esters is 1. The number of allylic oxidation sites excluding steroid dienone is 3. The molecule has 0 aromatic carbocycles. The van der Waals surface area contributed by atoms with E-state index in [0.29, 0.717) is 0 Å². The molecule has 2 aliphatic rings. The summed E-state index contributed by atoms with van der Waals surface area (Å²) in [6.45, 7) is 2.05. The summed E-state index contributed by atoms with van der Waals surface area (Å²) in [5, 5.41) is 69.1. The van der Waals surface area contributed by atoms with Crippen LogP contribution in [0.1, 0.15) is 13.8 Å². The van der Waals surface area contributed by atoms with Gasteiger partial charge in [0.2, 0.25) is 6.29 Å². The molecule has 7 N–H and O–H groups in total. The van der Waals surface area contributed by atoms with E-state index in [1.807, 2.05) is 0 Å². The highest BCUT2D eigenvalue weighted by Gasteiger charge is 2.48. The Kier molecular flexibility index (Phi) is 9.51. The van der Waals surface area contributed by atoms with E-state index in [9.17, 15) is 40.5 Å². The molecule has 2 aliphatic heterocycles. The second-order valence-corrected chi connectivity index (χ2v) is 7.33. The summed E-state index contributed by atoms with van der Waals surface area (Å²) in [5.41, 5.74) is 0.198. The summed E-state index contributed by atoms with van der Waals surface area (Å²) in [4.78, 5) is 12.1. The molecule has 0 bridgehead atoms. The van der Waals surface area contributed by atoms with Crippen LogP contribution in [0.15, 0.2) is 23.8 Å². The van der Waals surface area contributed by atoms with Crippen LogP contribution in [0.25, 0.3) is 0 Å². The predicted molar refractivity (Wildman–Crippen MR) is 101 cm³/mol. The van der Waals surface area contributed by atoms with E-state index in [4.69, 9.17) is 18.9 Å². The van der Waals surface area contributed by atoms with Crippen LogP contribution in [0, 0.1) is 0 Å². The highest BCUT2D eigenvalue weighted by molar-refractivity contribution is 5.88. The normalized spacial score (nSPS) is 42.0. The van der Waals surface area contributed by atoms with Crippen LogP contribution in [0.4, 0.5) is 0 Å². The first-order chi connectivity index (χ1) is 14.6. The molecule has 0 radical (unpaired) electrons. The zero-order chi connectivity index (χ0) is 23.3. The van der Waals surface area contributed by atoms with Crippen molar-refractivity contribution in [2.45, 2.75) is 75.3 Å². The number of aliphatic hydroxyl groups is 7. The largest absolute Gasteiger partial charge is 0.429 e. The minimum Gasteiger partial charge on any atom is -0.429 e. The Morgan fingerprint density at radius 3 is 2.00 bits per heavy atom. The van der Waals surface area contributed by atoms with Gasteiger partial charge < -0.3 is 54.7 Å². The maximum atomic E-state index is 12.1. The Hall–Kier alpha value is -1.45. The standard InChI is InChI=1S/C19H30O12/c1-3-4-5-8(2)17(27)31-19-16(26)14(24)12(22)10(30-19)7-28-18-15(25)13(23)11(21)9(6-20)29-18/h3-5,9-16,18-26H,6-7H2,1-2H3/b4-3+,8-5+/t9?,10?,11-,12-,13?,14?,15?,16?,18-,19+/m1/s1. The van der Waals surface area contributed by atoms with Crippen molar-refractivity contribution in [2.75, 3.05) is 13.2 Å². The minimum atomic E-state index is -1.74. The Morgan fingerprint density at radius 2 is 1.42 bits per heavy atom. The third-order valence-electron chi connectivity index (χ3n) is 5.03. The number of carbonyl (C=O) groups excluding carboxylic acids is 1. The molecule has 0 amide bonds. The molecule has 2 saturated heterocycles. The van der Waals surface area contributed by atoms with Crippen molar-refractivity contribution < 1.29 is 59.5 Å². The average molecular weight is 450 g/mol. The highest BCUT2D eigenvalue weighted by Crippen LogP contribution is 2.26. The maximum Gasteiger partial charge on any atom is 0.336 e. The molecule has 6 unspecified atom stereocenters. The molecule has 178 valence electrons. The second kappa shape index (κ2) is 11.4. The van der Waals surface area contributed by atoms with Gasteiger partial charge in [-0.05, 0) is 13.8 Å². The zero-order valence-electron chi connectivity index (χ0n) is 17.1.